The van der Waals surface area contributed by atoms with Crippen LogP contribution in [0.15, 0.2) is 30.3 Å². The number of β-amino-alcohol motifs (C(OH)–C–C–N with tert-alkyl or cyclic N) is 1. The number of rotatable bonds is 2. The van der Waals surface area contributed by atoms with Crippen molar-refractivity contribution in [1.82, 2.24) is 5.06 Å². The lowest BCUT2D eigenvalue weighted by Gasteiger charge is -2.10. The van der Waals surface area contributed by atoms with Crippen molar-refractivity contribution in [2.24, 2.45) is 0 Å². The molecule has 0 unspecified atom stereocenters. The number of amides is 1. The standard InChI is InChI=1S/C12H13NO4/c14-10-4-1-9(2-5-10)3-6-12(16)13-7-11(15)8-17-13/h1-6,11,14-15H,7-8H2/b6-3+/t11-/m0/s1. The van der Waals surface area contributed by atoms with Crippen LogP contribution in [0.25, 0.3) is 6.08 Å². The van der Waals surface area contributed by atoms with Gasteiger partial charge in [-0.2, -0.15) is 0 Å². The molecule has 2 rings (SSSR count). The summed E-state index contributed by atoms with van der Waals surface area (Å²) in [6.07, 6.45) is 2.38. The first-order valence-electron chi connectivity index (χ1n) is 5.25. The van der Waals surface area contributed by atoms with Crippen LogP contribution in [-0.2, 0) is 9.63 Å². The smallest absolute Gasteiger partial charge is 0.270 e. The molecule has 1 atom stereocenters. The van der Waals surface area contributed by atoms with Gasteiger partial charge in [0.25, 0.3) is 5.91 Å². The van der Waals surface area contributed by atoms with Crippen LogP contribution in [0.5, 0.6) is 5.75 Å². The summed E-state index contributed by atoms with van der Waals surface area (Å²) in [5.74, 6) is -0.130. The predicted octanol–water partition coefficient (Wildman–Crippen LogP) is 0.540. The summed E-state index contributed by atoms with van der Waals surface area (Å²) in [6, 6.07) is 6.47. The van der Waals surface area contributed by atoms with E-state index in [1.165, 1.54) is 6.08 Å². The van der Waals surface area contributed by atoms with Gasteiger partial charge < -0.3 is 10.2 Å². The molecular weight excluding hydrogens is 222 g/mol. The largest absolute Gasteiger partial charge is 0.508 e. The monoisotopic (exact) mass is 235 g/mol. The molecule has 1 fully saturated rings. The lowest BCUT2D eigenvalue weighted by molar-refractivity contribution is -0.162. The van der Waals surface area contributed by atoms with Gasteiger partial charge in [0, 0.05) is 6.08 Å². The third-order valence-electron chi connectivity index (χ3n) is 2.36. The highest BCUT2D eigenvalue weighted by molar-refractivity contribution is 5.91. The maximum Gasteiger partial charge on any atom is 0.270 e. The van der Waals surface area contributed by atoms with Gasteiger partial charge >= 0.3 is 0 Å². The summed E-state index contributed by atoms with van der Waals surface area (Å²) in [6.45, 7) is 0.345. The topological polar surface area (TPSA) is 70.0 Å². The number of aromatic hydroxyl groups is 1. The van der Waals surface area contributed by atoms with Crippen molar-refractivity contribution in [3.05, 3.63) is 35.9 Å². The molecule has 0 radical (unpaired) electrons. The van der Waals surface area contributed by atoms with Crippen molar-refractivity contribution in [1.29, 1.82) is 0 Å². The van der Waals surface area contributed by atoms with Crippen molar-refractivity contribution in [3.63, 3.8) is 0 Å². The Bertz CT molecular complexity index is 427. The number of phenolic OH excluding ortho intramolecular Hbond substituents is 1. The molecule has 2 N–H and O–H groups in total. The van der Waals surface area contributed by atoms with E-state index in [9.17, 15) is 9.90 Å². The average molecular weight is 235 g/mol. The number of carbonyl (C=O) groups is 1. The van der Waals surface area contributed by atoms with E-state index in [1.807, 2.05) is 0 Å². The van der Waals surface area contributed by atoms with Gasteiger partial charge in [-0.3, -0.25) is 9.63 Å². The Morgan fingerprint density at radius 3 is 2.71 bits per heavy atom. The molecule has 5 heteroatoms. The first-order chi connectivity index (χ1) is 8.15. The molecule has 1 amide bonds. The molecule has 1 aliphatic rings. The van der Waals surface area contributed by atoms with Crippen LogP contribution in [0.1, 0.15) is 5.56 Å². The summed E-state index contributed by atoms with van der Waals surface area (Å²) >= 11 is 0. The fraction of sp³-hybridized carbons (Fsp3) is 0.250. The molecule has 1 aromatic rings. The van der Waals surface area contributed by atoms with Crippen LogP contribution < -0.4 is 0 Å². The lowest BCUT2D eigenvalue weighted by Crippen LogP contribution is -2.26. The zero-order chi connectivity index (χ0) is 12.3. The predicted molar refractivity (Wildman–Crippen MR) is 60.8 cm³/mol. The SMILES string of the molecule is O=C(/C=C/c1ccc(O)cc1)N1C[C@H](O)CO1. The molecule has 1 aromatic carbocycles. The van der Waals surface area contributed by atoms with Crippen molar-refractivity contribution in [3.8, 4) is 5.75 Å². The summed E-state index contributed by atoms with van der Waals surface area (Å²) < 4.78 is 0. The number of hydrogen-bond donors (Lipinski definition) is 2. The van der Waals surface area contributed by atoms with Gasteiger partial charge in [-0.25, -0.2) is 5.06 Å². The van der Waals surface area contributed by atoms with Crippen molar-refractivity contribution in [2.45, 2.75) is 6.10 Å². The summed E-state index contributed by atoms with van der Waals surface area (Å²) in [5, 5.41) is 19.4. The minimum atomic E-state index is -0.610. The van der Waals surface area contributed by atoms with E-state index in [2.05, 4.69) is 0 Å². The molecule has 0 aromatic heterocycles. The van der Waals surface area contributed by atoms with Gasteiger partial charge in [0.1, 0.15) is 18.5 Å². The van der Waals surface area contributed by atoms with E-state index in [0.29, 0.717) is 0 Å². The Labute approximate surface area is 98.5 Å². The average Bonchev–Trinajstić information content (AvgIpc) is 2.75. The van der Waals surface area contributed by atoms with Crippen molar-refractivity contribution >= 4 is 12.0 Å². The number of hydrogen-bond acceptors (Lipinski definition) is 4. The fourth-order valence-electron chi connectivity index (χ4n) is 1.46. The number of nitrogens with zero attached hydrogens (tertiary/aromatic N) is 1. The molecule has 17 heavy (non-hydrogen) atoms. The van der Waals surface area contributed by atoms with E-state index in [1.54, 1.807) is 30.3 Å². The maximum absolute atomic E-state index is 11.6. The number of phenols is 1. The molecule has 0 aliphatic carbocycles. The molecule has 0 spiro atoms. The van der Waals surface area contributed by atoms with Gasteiger partial charge in [0.2, 0.25) is 0 Å². The fourth-order valence-corrected chi connectivity index (χ4v) is 1.46. The first kappa shape index (κ1) is 11.6. The zero-order valence-electron chi connectivity index (χ0n) is 9.11. The minimum absolute atomic E-state index is 0.152. The number of benzene rings is 1. The third-order valence-corrected chi connectivity index (χ3v) is 2.36. The Morgan fingerprint density at radius 2 is 2.12 bits per heavy atom. The maximum atomic E-state index is 11.6. The molecule has 1 saturated heterocycles. The highest BCUT2D eigenvalue weighted by Crippen LogP contribution is 2.12. The van der Waals surface area contributed by atoms with Crippen LogP contribution in [0.3, 0.4) is 0 Å². The van der Waals surface area contributed by atoms with Gasteiger partial charge in [-0.1, -0.05) is 12.1 Å². The lowest BCUT2D eigenvalue weighted by atomic mass is 10.2. The van der Waals surface area contributed by atoms with Gasteiger partial charge in [-0.15, -0.1) is 0 Å². The number of carbonyl (C=O) groups excluding carboxylic acids is 1. The van der Waals surface area contributed by atoms with E-state index in [0.717, 1.165) is 10.6 Å². The van der Waals surface area contributed by atoms with Crippen LogP contribution in [-0.4, -0.2) is 40.4 Å². The van der Waals surface area contributed by atoms with Gasteiger partial charge in [-0.05, 0) is 23.8 Å². The van der Waals surface area contributed by atoms with Crippen LogP contribution in [0.4, 0.5) is 0 Å². The quantitative estimate of drug-likeness (QED) is 0.734. The molecular formula is C12H13NO4. The second-order valence-corrected chi connectivity index (χ2v) is 3.77. The van der Waals surface area contributed by atoms with Crippen molar-refractivity contribution < 1.29 is 19.8 Å². The number of aliphatic hydroxyl groups excluding tert-OH is 1. The Morgan fingerprint density at radius 1 is 1.41 bits per heavy atom. The van der Waals surface area contributed by atoms with E-state index in [4.69, 9.17) is 9.94 Å². The molecule has 1 aliphatic heterocycles. The molecule has 90 valence electrons. The highest BCUT2D eigenvalue weighted by Gasteiger charge is 2.24. The molecule has 1 heterocycles. The Hall–Kier alpha value is -1.85. The van der Waals surface area contributed by atoms with Crippen molar-refractivity contribution in [2.75, 3.05) is 13.2 Å². The van der Waals surface area contributed by atoms with Gasteiger partial charge in [0.05, 0.1) is 6.54 Å². The first-order valence-corrected chi connectivity index (χ1v) is 5.25. The molecule has 5 nitrogen and oxygen atoms in total. The summed E-state index contributed by atoms with van der Waals surface area (Å²) in [4.78, 5) is 16.6. The molecule has 0 bridgehead atoms. The zero-order valence-corrected chi connectivity index (χ0v) is 9.11. The van der Waals surface area contributed by atoms with Gasteiger partial charge in [0.15, 0.2) is 0 Å². The van der Waals surface area contributed by atoms with Crippen LogP contribution in [0.2, 0.25) is 0 Å². The summed E-state index contributed by atoms with van der Waals surface area (Å²) in [7, 11) is 0. The third kappa shape index (κ3) is 3.05. The van der Waals surface area contributed by atoms with E-state index in [-0.39, 0.29) is 24.8 Å². The highest BCUT2D eigenvalue weighted by atomic mass is 16.7. The molecule has 0 saturated carbocycles. The normalized spacial score (nSPS) is 20.1. The number of hydroxylamine groups is 2. The minimum Gasteiger partial charge on any atom is -0.508 e. The van der Waals surface area contributed by atoms with Crippen LogP contribution in [0, 0.1) is 0 Å². The Kier molecular flexibility index (Phi) is 3.41. The van der Waals surface area contributed by atoms with Crippen LogP contribution >= 0.6 is 0 Å². The number of aliphatic hydroxyl groups is 1. The van der Waals surface area contributed by atoms with E-state index >= 15 is 0 Å². The van der Waals surface area contributed by atoms with E-state index < -0.39 is 6.10 Å². The second kappa shape index (κ2) is 4.99. The summed E-state index contributed by atoms with van der Waals surface area (Å²) in [5.41, 5.74) is 0.802. The second-order valence-electron chi connectivity index (χ2n) is 3.77. The Balaban J connectivity index is 1.96.